The van der Waals surface area contributed by atoms with Crippen LogP contribution in [0.25, 0.3) is 61.3 Å². The summed E-state index contributed by atoms with van der Waals surface area (Å²) in [7, 11) is 0. The summed E-state index contributed by atoms with van der Waals surface area (Å²) in [6.45, 7) is 2.14. The molecule has 7 aromatic rings. The number of fused-ring (bicyclic) bond motifs is 6. The first-order valence-electron chi connectivity index (χ1n) is 17.3. The number of hydrogen-bond acceptors (Lipinski definition) is 3. The molecule has 2 aliphatic carbocycles. The standard InChI is InChI=1S/C46H31N5/c1-29-32(26-47)21-23-44-45(29)40-15-4-7-19-43(40)50(44)35-12-8-10-30(25-35)36-22-20-31(24-34(36)28-49)37-16-9-11-33(27-48)46(37)51-41-17-5-2-13-38(41)39-14-3-6-18-42(39)51/h2-24,29-30,32H,25H2,1H3. The van der Waals surface area contributed by atoms with Gasteiger partial charge in [-0.3, -0.25) is 0 Å². The molecule has 5 nitrogen and oxygen atoms in total. The molecule has 240 valence electrons. The van der Waals surface area contributed by atoms with Crippen LogP contribution < -0.4 is 0 Å². The van der Waals surface area contributed by atoms with Gasteiger partial charge in [-0.2, -0.15) is 15.8 Å². The lowest BCUT2D eigenvalue weighted by molar-refractivity contribution is 0.653. The lowest BCUT2D eigenvalue weighted by Gasteiger charge is -2.25. The molecule has 9 rings (SSSR count). The number of aromatic nitrogens is 2. The fourth-order valence-corrected chi connectivity index (χ4v) is 8.39. The summed E-state index contributed by atoms with van der Waals surface area (Å²) in [5.41, 5.74) is 11.4. The molecule has 3 atom stereocenters. The van der Waals surface area contributed by atoms with Crippen molar-refractivity contribution in [2.45, 2.75) is 25.2 Å². The number of rotatable bonds is 4. The van der Waals surface area contributed by atoms with Crippen molar-refractivity contribution >= 4 is 44.5 Å². The first-order chi connectivity index (χ1) is 25.1. The zero-order chi connectivity index (χ0) is 34.6. The summed E-state index contributed by atoms with van der Waals surface area (Å²) in [5.74, 6) is -0.0864. The second-order valence-corrected chi connectivity index (χ2v) is 13.4. The van der Waals surface area contributed by atoms with Gasteiger partial charge in [0.1, 0.15) is 6.07 Å². The molecule has 0 spiro atoms. The van der Waals surface area contributed by atoms with Gasteiger partial charge in [-0.1, -0.05) is 104 Å². The van der Waals surface area contributed by atoms with Gasteiger partial charge in [-0.05, 0) is 65.6 Å². The van der Waals surface area contributed by atoms with Gasteiger partial charge >= 0.3 is 0 Å². The maximum Gasteiger partial charge on any atom is 0.101 e. The summed E-state index contributed by atoms with van der Waals surface area (Å²) in [6.07, 6.45) is 11.3. The zero-order valence-corrected chi connectivity index (χ0v) is 28.0. The van der Waals surface area contributed by atoms with E-state index in [0.717, 1.165) is 67.5 Å². The Labute approximate surface area is 296 Å². The fourth-order valence-electron chi connectivity index (χ4n) is 8.39. The van der Waals surface area contributed by atoms with Crippen LogP contribution in [-0.2, 0) is 0 Å². The highest BCUT2D eigenvalue weighted by molar-refractivity contribution is 6.10. The quantitative estimate of drug-likeness (QED) is 0.190. The third kappa shape index (κ3) is 4.59. The molecule has 0 saturated carbocycles. The van der Waals surface area contributed by atoms with Gasteiger partial charge in [0.05, 0.1) is 51.4 Å². The number of nitriles is 3. The third-order valence-corrected chi connectivity index (χ3v) is 10.7. The first-order valence-corrected chi connectivity index (χ1v) is 17.3. The molecule has 0 saturated heterocycles. The Morgan fingerprint density at radius 1 is 0.667 bits per heavy atom. The Morgan fingerprint density at radius 2 is 1.33 bits per heavy atom. The molecule has 3 unspecified atom stereocenters. The molecular weight excluding hydrogens is 623 g/mol. The maximum atomic E-state index is 10.6. The molecule has 2 heterocycles. The lowest BCUT2D eigenvalue weighted by atomic mass is 9.82. The van der Waals surface area contributed by atoms with Crippen LogP contribution in [0, 0.1) is 39.9 Å². The molecule has 51 heavy (non-hydrogen) atoms. The first kappa shape index (κ1) is 30.2. The smallest absolute Gasteiger partial charge is 0.101 e. The summed E-state index contributed by atoms with van der Waals surface area (Å²) in [4.78, 5) is 0. The highest BCUT2D eigenvalue weighted by atomic mass is 15.0. The summed E-state index contributed by atoms with van der Waals surface area (Å²) in [6, 6.07) is 44.5. The summed E-state index contributed by atoms with van der Waals surface area (Å²) >= 11 is 0. The predicted molar refractivity (Wildman–Crippen MR) is 205 cm³/mol. The Bertz CT molecular complexity index is 2750. The molecule has 0 bridgehead atoms. The topological polar surface area (TPSA) is 81.2 Å². The molecule has 0 fully saturated rings. The third-order valence-electron chi connectivity index (χ3n) is 10.7. The fraction of sp³-hybridized carbons (Fsp3) is 0.109. The average molecular weight is 654 g/mol. The number of allylic oxidation sites excluding steroid dienone is 5. The van der Waals surface area contributed by atoms with Crippen molar-refractivity contribution < 1.29 is 0 Å². The van der Waals surface area contributed by atoms with E-state index in [2.05, 4.69) is 119 Å². The van der Waals surface area contributed by atoms with Crippen molar-refractivity contribution in [1.82, 2.24) is 9.13 Å². The Balaban J connectivity index is 1.14. The van der Waals surface area contributed by atoms with E-state index < -0.39 is 0 Å². The van der Waals surface area contributed by atoms with Crippen molar-refractivity contribution in [3.8, 4) is 35.0 Å². The van der Waals surface area contributed by atoms with Crippen LogP contribution in [0.2, 0.25) is 0 Å². The van der Waals surface area contributed by atoms with Crippen LogP contribution >= 0.6 is 0 Å². The second kappa shape index (κ2) is 11.9. The van der Waals surface area contributed by atoms with Crippen LogP contribution in [0.1, 0.15) is 53.1 Å². The number of hydrogen-bond donors (Lipinski definition) is 0. The van der Waals surface area contributed by atoms with Gasteiger partial charge in [0.2, 0.25) is 0 Å². The Hall–Kier alpha value is -6.87. The normalized spacial score (nSPS) is 17.9. The molecule has 5 heteroatoms. The van der Waals surface area contributed by atoms with E-state index in [0.29, 0.717) is 11.1 Å². The zero-order valence-electron chi connectivity index (χ0n) is 28.0. The highest BCUT2D eigenvalue weighted by Crippen LogP contribution is 2.45. The molecule has 0 N–H and O–H groups in total. The van der Waals surface area contributed by atoms with E-state index in [-0.39, 0.29) is 17.8 Å². The highest BCUT2D eigenvalue weighted by Gasteiger charge is 2.30. The molecule has 0 radical (unpaired) electrons. The van der Waals surface area contributed by atoms with Crippen molar-refractivity contribution in [2.75, 3.05) is 0 Å². The lowest BCUT2D eigenvalue weighted by Crippen LogP contribution is -2.13. The minimum Gasteiger partial charge on any atom is -0.313 e. The van der Waals surface area contributed by atoms with Crippen molar-refractivity contribution in [2.24, 2.45) is 5.92 Å². The van der Waals surface area contributed by atoms with Crippen LogP contribution in [0.15, 0.2) is 133 Å². The van der Waals surface area contributed by atoms with E-state index in [4.69, 9.17) is 0 Å². The summed E-state index contributed by atoms with van der Waals surface area (Å²) in [5, 5.41) is 34.2. The SMILES string of the molecule is CC1c2c(n(C3=CC=CC(c4ccc(-c5cccc(C#N)c5-n5c6ccccc6c6ccccc65)cc4C#N)C3)c3ccccc23)C=CC1C#N. The molecular formula is C46H31N5. The summed E-state index contributed by atoms with van der Waals surface area (Å²) < 4.78 is 4.53. The van der Waals surface area contributed by atoms with Crippen molar-refractivity contribution in [3.05, 3.63) is 161 Å². The molecule has 2 aliphatic rings. The molecule has 2 aromatic heterocycles. The monoisotopic (exact) mass is 653 g/mol. The van der Waals surface area contributed by atoms with E-state index in [1.165, 1.54) is 10.9 Å². The minimum absolute atomic E-state index is 0.00962. The second-order valence-electron chi connectivity index (χ2n) is 13.4. The Morgan fingerprint density at radius 3 is 2.02 bits per heavy atom. The van der Waals surface area contributed by atoms with Crippen LogP contribution in [0.3, 0.4) is 0 Å². The minimum atomic E-state index is -0.161. The van der Waals surface area contributed by atoms with E-state index in [1.807, 2.05) is 54.6 Å². The molecule has 5 aromatic carbocycles. The van der Waals surface area contributed by atoms with Crippen LogP contribution in [-0.4, -0.2) is 9.13 Å². The Kier molecular flexibility index (Phi) is 7.06. The van der Waals surface area contributed by atoms with Gasteiger partial charge in [0.15, 0.2) is 0 Å². The molecule has 0 aliphatic heterocycles. The predicted octanol–water partition coefficient (Wildman–Crippen LogP) is 11.0. The van der Waals surface area contributed by atoms with Gasteiger partial charge < -0.3 is 9.13 Å². The van der Waals surface area contributed by atoms with E-state index in [9.17, 15) is 15.8 Å². The van der Waals surface area contributed by atoms with E-state index in [1.54, 1.807) is 0 Å². The maximum absolute atomic E-state index is 10.6. The number of para-hydroxylation sites is 4. The van der Waals surface area contributed by atoms with Gasteiger partial charge in [0, 0.05) is 44.9 Å². The molecule has 0 amide bonds. The van der Waals surface area contributed by atoms with Gasteiger partial charge in [-0.15, -0.1) is 0 Å². The van der Waals surface area contributed by atoms with Crippen LogP contribution in [0.5, 0.6) is 0 Å². The largest absolute Gasteiger partial charge is 0.313 e. The average Bonchev–Trinajstić information content (AvgIpc) is 3.71. The van der Waals surface area contributed by atoms with Crippen molar-refractivity contribution in [1.29, 1.82) is 15.8 Å². The van der Waals surface area contributed by atoms with Crippen LogP contribution in [0.4, 0.5) is 0 Å². The van der Waals surface area contributed by atoms with Gasteiger partial charge in [0.25, 0.3) is 0 Å². The van der Waals surface area contributed by atoms with Gasteiger partial charge in [-0.25, -0.2) is 0 Å². The van der Waals surface area contributed by atoms with E-state index >= 15 is 0 Å². The number of benzene rings is 5. The number of nitrogens with zero attached hydrogens (tertiary/aromatic N) is 5. The van der Waals surface area contributed by atoms with Crippen molar-refractivity contribution in [3.63, 3.8) is 0 Å².